The van der Waals surface area contributed by atoms with Crippen LogP contribution in [-0.4, -0.2) is 29.3 Å². The van der Waals surface area contributed by atoms with Gasteiger partial charge in [-0.3, -0.25) is 4.79 Å². The third kappa shape index (κ3) is 4.55. The smallest absolute Gasteiger partial charge is 0.251 e. The first-order valence-electron chi connectivity index (χ1n) is 8.21. The third-order valence-electron chi connectivity index (χ3n) is 3.90. The second-order valence-corrected chi connectivity index (χ2v) is 5.76. The van der Waals surface area contributed by atoms with E-state index >= 15 is 0 Å². The molecule has 25 heavy (non-hydrogen) atoms. The normalized spacial score (nSPS) is 10.6. The van der Waals surface area contributed by atoms with Crippen LogP contribution in [0.1, 0.15) is 21.5 Å². The van der Waals surface area contributed by atoms with Gasteiger partial charge in [-0.1, -0.05) is 24.3 Å². The number of methoxy groups -OCH3 is 1. The Labute approximate surface area is 147 Å². The minimum atomic E-state index is -0.0638. The maximum absolute atomic E-state index is 12.2. The molecule has 0 atom stereocenters. The monoisotopic (exact) mass is 335 g/mol. The van der Waals surface area contributed by atoms with Crippen molar-refractivity contribution in [1.82, 2.24) is 15.1 Å². The lowest BCUT2D eigenvalue weighted by Gasteiger charge is -2.08. The zero-order chi connectivity index (χ0) is 17.5. The molecule has 0 saturated carbocycles. The molecule has 1 amide bonds. The summed E-state index contributed by atoms with van der Waals surface area (Å²) in [5.74, 6) is -0.0638. The molecule has 0 spiro atoms. The topological polar surface area (TPSA) is 56.1 Å². The molecule has 0 radical (unpaired) electrons. The fraction of sp³-hybridized carbons (Fsp3) is 0.200. The van der Waals surface area contributed by atoms with E-state index in [0.29, 0.717) is 18.7 Å². The molecule has 0 bridgehead atoms. The number of rotatable bonds is 7. The van der Waals surface area contributed by atoms with Crippen LogP contribution in [-0.2, 0) is 17.8 Å². The van der Waals surface area contributed by atoms with Gasteiger partial charge < -0.3 is 10.1 Å². The van der Waals surface area contributed by atoms with Crippen LogP contribution in [0.2, 0.25) is 0 Å². The van der Waals surface area contributed by atoms with Crippen molar-refractivity contribution in [3.05, 3.63) is 83.7 Å². The highest BCUT2D eigenvalue weighted by Gasteiger charge is 2.06. The second-order valence-electron chi connectivity index (χ2n) is 5.76. The standard InChI is InChI=1S/C20H21N3O2/c1-25-15-17-4-2-5-18(14-17)20(24)21-12-10-16-6-8-19(9-7-16)23-13-3-11-22-23/h2-9,11,13-14H,10,12,15H2,1H3,(H,21,24). The summed E-state index contributed by atoms with van der Waals surface area (Å²) < 4.78 is 6.92. The van der Waals surface area contributed by atoms with Crippen molar-refractivity contribution in [2.75, 3.05) is 13.7 Å². The largest absolute Gasteiger partial charge is 0.380 e. The van der Waals surface area contributed by atoms with E-state index in [1.54, 1.807) is 13.3 Å². The quantitative estimate of drug-likeness (QED) is 0.722. The second kappa shape index (κ2) is 8.26. The molecule has 0 unspecified atom stereocenters. The third-order valence-corrected chi connectivity index (χ3v) is 3.90. The fourth-order valence-electron chi connectivity index (χ4n) is 2.63. The van der Waals surface area contributed by atoms with Crippen LogP contribution >= 0.6 is 0 Å². The molecule has 5 nitrogen and oxygen atoms in total. The number of aromatic nitrogens is 2. The SMILES string of the molecule is COCc1cccc(C(=O)NCCc2ccc(-n3cccn3)cc2)c1. The Bertz CT molecular complexity index is 811. The molecule has 1 N–H and O–H groups in total. The van der Waals surface area contributed by atoms with Crippen molar-refractivity contribution in [1.29, 1.82) is 0 Å². The molecule has 1 heterocycles. The number of amides is 1. The zero-order valence-electron chi connectivity index (χ0n) is 14.2. The van der Waals surface area contributed by atoms with Crippen LogP contribution in [0.5, 0.6) is 0 Å². The van der Waals surface area contributed by atoms with Crippen molar-refractivity contribution in [2.24, 2.45) is 0 Å². The molecule has 3 rings (SSSR count). The van der Waals surface area contributed by atoms with Gasteiger partial charge in [-0.25, -0.2) is 4.68 Å². The lowest BCUT2D eigenvalue weighted by atomic mass is 10.1. The number of carbonyl (C=O) groups is 1. The van der Waals surface area contributed by atoms with E-state index in [0.717, 1.165) is 17.7 Å². The summed E-state index contributed by atoms with van der Waals surface area (Å²) in [6.45, 7) is 1.10. The average Bonchev–Trinajstić information content (AvgIpc) is 3.17. The number of hydrogen-bond donors (Lipinski definition) is 1. The van der Waals surface area contributed by atoms with Gasteiger partial charge in [-0.15, -0.1) is 0 Å². The van der Waals surface area contributed by atoms with Crippen molar-refractivity contribution in [3.8, 4) is 5.69 Å². The summed E-state index contributed by atoms with van der Waals surface area (Å²) in [6, 6.07) is 17.6. The maximum atomic E-state index is 12.2. The van der Waals surface area contributed by atoms with Crippen LogP contribution < -0.4 is 5.32 Å². The number of benzene rings is 2. The first-order valence-corrected chi connectivity index (χ1v) is 8.21. The molecule has 2 aromatic carbocycles. The molecule has 0 fully saturated rings. The summed E-state index contributed by atoms with van der Waals surface area (Å²) in [6.07, 6.45) is 4.45. The predicted octanol–water partition coefficient (Wildman–Crippen LogP) is 2.99. The van der Waals surface area contributed by atoms with Gasteiger partial charge in [0.2, 0.25) is 0 Å². The van der Waals surface area contributed by atoms with Crippen LogP contribution in [0, 0.1) is 0 Å². The Hall–Kier alpha value is -2.92. The molecule has 0 aliphatic rings. The summed E-state index contributed by atoms with van der Waals surface area (Å²) in [5, 5.41) is 7.17. The predicted molar refractivity (Wildman–Crippen MR) is 96.8 cm³/mol. The number of nitrogens with zero attached hydrogens (tertiary/aromatic N) is 2. The molecular weight excluding hydrogens is 314 g/mol. The van der Waals surface area contributed by atoms with Gasteiger partial charge in [0.25, 0.3) is 5.91 Å². The van der Waals surface area contributed by atoms with E-state index in [2.05, 4.69) is 22.5 Å². The zero-order valence-corrected chi connectivity index (χ0v) is 14.2. The highest BCUT2D eigenvalue weighted by Crippen LogP contribution is 2.09. The van der Waals surface area contributed by atoms with Crippen molar-refractivity contribution >= 4 is 5.91 Å². The number of nitrogens with one attached hydrogen (secondary N) is 1. The van der Waals surface area contributed by atoms with E-state index < -0.39 is 0 Å². The minimum absolute atomic E-state index is 0.0638. The maximum Gasteiger partial charge on any atom is 0.251 e. The molecule has 1 aromatic heterocycles. The van der Waals surface area contributed by atoms with Gasteiger partial charge in [-0.2, -0.15) is 5.10 Å². The first-order chi connectivity index (χ1) is 12.3. The van der Waals surface area contributed by atoms with Gasteiger partial charge in [0.1, 0.15) is 0 Å². The minimum Gasteiger partial charge on any atom is -0.380 e. The number of ether oxygens (including phenoxy) is 1. The summed E-state index contributed by atoms with van der Waals surface area (Å²) in [4.78, 5) is 12.2. The summed E-state index contributed by atoms with van der Waals surface area (Å²) >= 11 is 0. The van der Waals surface area contributed by atoms with E-state index in [4.69, 9.17) is 4.74 Å². The highest BCUT2D eigenvalue weighted by molar-refractivity contribution is 5.94. The molecular formula is C20H21N3O2. The van der Waals surface area contributed by atoms with E-state index in [1.807, 2.05) is 53.3 Å². The average molecular weight is 335 g/mol. The van der Waals surface area contributed by atoms with Gasteiger partial charge >= 0.3 is 0 Å². The highest BCUT2D eigenvalue weighted by atomic mass is 16.5. The van der Waals surface area contributed by atoms with Crippen molar-refractivity contribution in [3.63, 3.8) is 0 Å². The Kier molecular flexibility index (Phi) is 5.59. The van der Waals surface area contributed by atoms with Crippen LogP contribution in [0.3, 0.4) is 0 Å². The van der Waals surface area contributed by atoms with Crippen LogP contribution in [0.15, 0.2) is 67.0 Å². The molecule has 5 heteroatoms. The van der Waals surface area contributed by atoms with Gasteiger partial charge in [0.15, 0.2) is 0 Å². The number of hydrogen-bond acceptors (Lipinski definition) is 3. The van der Waals surface area contributed by atoms with Crippen molar-refractivity contribution in [2.45, 2.75) is 13.0 Å². The lowest BCUT2D eigenvalue weighted by Crippen LogP contribution is -2.25. The Morgan fingerprint density at radius 3 is 2.68 bits per heavy atom. The Morgan fingerprint density at radius 1 is 1.12 bits per heavy atom. The van der Waals surface area contributed by atoms with E-state index in [9.17, 15) is 4.79 Å². The summed E-state index contributed by atoms with van der Waals surface area (Å²) in [5.41, 5.74) is 3.84. The van der Waals surface area contributed by atoms with Gasteiger partial charge in [0.05, 0.1) is 12.3 Å². The fourth-order valence-corrected chi connectivity index (χ4v) is 2.63. The van der Waals surface area contributed by atoms with E-state index in [-0.39, 0.29) is 5.91 Å². The van der Waals surface area contributed by atoms with Crippen LogP contribution in [0.25, 0.3) is 5.69 Å². The van der Waals surface area contributed by atoms with Crippen LogP contribution in [0.4, 0.5) is 0 Å². The molecule has 0 saturated heterocycles. The van der Waals surface area contributed by atoms with E-state index in [1.165, 1.54) is 5.56 Å². The first kappa shape index (κ1) is 16.9. The Balaban J connectivity index is 1.52. The van der Waals surface area contributed by atoms with Crippen molar-refractivity contribution < 1.29 is 9.53 Å². The lowest BCUT2D eigenvalue weighted by molar-refractivity contribution is 0.0954. The van der Waals surface area contributed by atoms with Gasteiger partial charge in [0, 0.05) is 31.6 Å². The van der Waals surface area contributed by atoms with Gasteiger partial charge in [-0.05, 0) is 47.9 Å². The number of carbonyl (C=O) groups excluding carboxylic acids is 1. The molecule has 128 valence electrons. The Morgan fingerprint density at radius 2 is 1.96 bits per heavy atom. The molecule has 0 aliphatic heterocycles. The summed E-state index contributed by atoms with van der Waals surface area (Å²) in [7, 11) is 1.64. The molecule has 0 aliphatic carbocycles. The molecule has 3 aromatic rings.